The zero-order valence-corrected chi connectivity index (χ0v) is 17.4. The Hall–Kier alpha value is -1.19. The molecule has 32 heavy (non-hydrogen) atoms. The number of allylic oxidation sites excluding steroid dienone is 2. The predicted molar refractivity (Wildman–Crippen MR) is 106 cm³/mol. The minimum Gasteiger partial charge on any atom is -0.394 e. The molecule has 0 radical (unpaired) electrons. The standard InChI is InChI=1S/C20H33NO11/c22-6-12(25)18(32-20-17(29)16(28)15(27)13(7-23)31-20)14(26)11(24)5-21-19(30)10-4-8-1-2-9(10)3-8/h1-2,8-18,20,22-29H,3-7H2,(H,21,30)/t8-,9+,10+,11-,12+,13+,14+,15-,16-,17+,18+,20-/m0/s1. The summed E-state index contributed by atoms with van der Waals surface area (Å²) in [5, 5.41) is 81.9. The first-order valence-electron chi connectivity index (χ1n) is 10.7. The van der Waals surface area contributed by atoms with E-state index in [-0.39, 0.29) is 24.3 Å². The summed E-state index contributed by atoms with van der Waals surface area (Å²) >= 11 is 0. The van der Waals surface area contributed by atoms with Gasteiger partial charge in [0.05, 0.1) is 19.3 Å². The van der Waals surface area contributed by atoms with Gasteiger partial charge in [0.25, 0.3) is 0 Å². The third kappa shape index (κ3) is 5.30. The van der Waals surface area contributed by atoms with E-state index in [0.717, 1.165) is 12.8 Å². The van der Waals surface area contributed by atoms with E-state index in [9.17, 15) is 45.6 Å². The number of hydrogen-bond donors (Lipinski definition) is 9. The van der Waals surface area contributed by atoms with Crippen molar-refractivity contribution in [2.75, 3.05) is 19.8 Å². The molecular weight excluding hydrogens is 430 g/mol. The maximum atomic E-state index is 12.4. The highest BCUT2D eigenvalue weighted by Gasteiger charge is 2.47. The zero-order valence-electron chi connectivity index (χ0n) is 17.4. The first-order valence-corrected chi connectivity index (χ1v) is 10.7. The van der Waals surface area contributed by atoms with Crippen LogP contribution in [0.4, 0.5) is 0 Å². The van der Waals surface area contributed by atoms with Gasteiger partial charge in [-0.15, -0.1) is 0 Å². The average molecular weight is 463 g/mol. The molecular formula is C20H33NO11. The second kappa shape index (κ2) is 10.8. The van der Waals surface area contributed by atoms with Gasteiger partial charge in [-0.05, 0) is 24.7 Å². The number of carbonyl (C=O) groups is 1. The monoisotopic (exact) mass is 463 g/mol. The van der Waals surface area contributed by atoms with Crippen LogP contribution in [0.15, 0.2) is 12.2 Å². The van der Waals surface area contributed by atoms with Gasteiger partial charge < -0.3 is 55.6 Å². The molecule has 0 aromatic carbocycles. The summed E-state index contributed by atoms with van der Waals surface area (Å²) in [6, 6.07) is 0. The number of nitrogens with one attached hydrogen (secondary N) is 1. The minimum absolute atomic E-state index is 0.153. The second-order valence-corrected chi connectivity index (χ2v) is 8.74. The smallest absolute Gasteiger partial charge is 0.223 e. The van der Waals surface area contributed by atoms with Crippen LogP contribution >= 0.6 is 0 Å². The van der Waals surface area contributed by atoms with Crippen LogP contribution in [0.2, 0.25) is 0 Å². The summed E-state index contributed by atoms with van der Waals surface area (Å²) in [6.45, 7) is -1.95. The number of rotatable bonds is 10. The Morgan fingerprint density at radius 1 is 1.03 bits per heavy atom. The number of fused-ring (bicyclic) bond motifs is 2. The highest BCUT2D eigenvalue weighted by atomic mass is 16.7. The lowest BCUT2D eigenvalue weighted by Crippen LogP contribution is -2.61. The first kappa shape index (κ1) is 25.4. The van der Waals surface area contributed by atoms with Gasteiger partial charge in [-0.25, -0.2) is 0 Å². The van der Waals surface area contributed by atoms with E-state index in [2.05, 4.69) is 11.4 Å². The predicted octanol–water partition coefficient (Wildman–Crippen LogP) is -4.43. The van der Waals surface area contributed by atoms with Gasteiger partial charge in [-0.3, -0.25) is 4.79 Å². The highest BCUT2D eigenvalue weighted by Crippen LogP contribution is 2.43. The Bertz CT molecular complexity index is 661. The van der Waals surface area contributed by atoms with Gasteiger partial charge in [0, 0.05) is 12.5 Å². The van der Waals surface area contributed by atoms with E-state index in [1.165, 1.54) is 0 Å². The molecule has 3 aliphatic rings. The van der Waals surface area contributed by atoms with Crippen molar-refractivity contribution in [3.05, 3.63) is 12.2 Å². The van der Waals surface area contributed by atoms with E-state index in [1.807, 2.05) is 6.08 Å². The van der Waals surface area contributed by atoms with Crippen LogP contribution in [0, 0.1) is 17.8 Å². The van der Waals surface area contributed by atoms with Crippen LogP contribution in [0.3, 0.4) is 0 Å². The lowest BCUT2D eigenvalue weighted by atomic mass is 9.92. The summed E-state index contributed by atoms with van der Waals surface area (Å²) in [6.07, 6.45) is -9.31. The van der Waals surface area contributed by atoms with E-state index in [1.54, 1.807) is 0 Å². The largest absolute Gasteiger partial charge is 0.394 e. The number of aliphatic hydroxyl groups excluding tert-OH is 8. The molecule has 0 unspecified atom stereocenters. The summed E-state index contributed by atoms with van der Waals surface area (Å²) in [5.41, 5.74) is 0. The molecule has 2 fully saturated rings. The Labute approximate surface area is 184 Å². The second-order valence-electron chi connectivity index (χ2n) is 8.74. The van der Waals surface area contributed by atoms with Crippen molar-refractivity contribution in [2.45, 2.75) is 68.0 Å². The van der Waals surface area contributed by atoms with Gasteiger partial charge >= 0.3 is 0 Å². The number of ether oxygens (including phenoxy) is 2. The number of amides is 1. The SMILES string of the molecule is O=C(NC[C@H](O)[C@@H](O)[C@H](O[C@@H]1O[C@H](CO)[C@H](O)[C@H](O)[C@H]1O)[C@H](O)CO)[C@@H]1C[C@H]2C=C[C@@H]1C2. The van der Waals surface area contributed by atoms with Crippen molar-refractivity contribution < 1.29 is 55.1 Å². The zero-order chi connectivity index (χ0) is 23.6. The molecule has 0 spiro atoms. The molecule has 1 amide bonds. The van der Waals surface area contributed by atoms with E-state index in [4.69, 9.17) is 9.47 Å². The summed E-state index contributed by atoms with van der Waals surface area (Å²) in [4.78, 5) is 12.4. The quantitative estimate of drug-likeness (QED) is 0.141. The lowest BCUT2D eigenvalue weighted by molar-refractivity contribution is -0.327. The molecule has 2 aliphatic carbocycles. The fraction of sp³-hybridized carbons (Fsp3) is 0.850. The average Bonchev–Trinajstić information content (AvgIpc) is 3.43. The number of aliphatic hydroxyl groups is 8. The third-order valence-corrected chi connectivity index (χ3v) is 6.54. The fourth-order valence-electron chi connectivity index (χ4n) is 4.60. The molecule has 3 rings (SSSR count). The fourth-order valence-corrected chi connectivity index (χ4v) is 4.60. The molecule has 1 aliphatic heterocycles. The molecule has 2 bridgehead atoms. The molecule has 1 saturated carbocycles. The molecule has 184 valence electrons. The Kier molecular flexibility index (Phi) is 8.60. The van der Waals surface area contributed by atoms with Crippen LogP contribution in [0.25, 0.3) is 0 Å². The van der Waals surface area contributed by atoms with Crippen LogP contribution in [0.5, 0.6) is 0 Å². The molecule has 0 aromatic rings. The normalized spacial score (nSPS) is 40.1. The van der Waals surface area contributed by atoms with Crippen molar-refractivity contribution in [1.82, 2.24) is 5.32 Å². The maximum Gasteiger partial charge on any atom is 0.223 e. The number of carbonyl (C=O) groups excluding carboxylic acids is 1. The highest BCUT2D eigenvalue weighted by molar-refractivity contribution is 5.80. The molecule has 1 saturated heterocycles. The summed E-state index contributed by atoms with van der Waals surface area (Å²) in [5.74, 6) is 0.0589. The van der Waals surface area contributed by atoms with Crippen molar-refractivity contribution in [3.8, 4) is 0 Å². The maximum absolute atomic E-state index is 12.4. The van der Waals surface area contributed by atoms with Crippen LogP contribution < -0.4 is 5.32 Å². The van der Waals surface area contributed by atoms with Crippen LogP contribution in [-0.4, -0.2) is 122 Å². The molecule has 12 atom stereocenters. The van der Waals surface area contributed by atoms with Gasteiger partial charge in [0.15, 0.2) is 6.29 Å². The van der Waals surface area contributed by atoms with Gasteiger partial charge in [-0.1, -0.05) is 12.2 Å². The summed E-state index contributed by atoms with van der Waals surface area (Å²) < 4.78 is 10.5. The lowest BCUT2D eigenvalue weighted by Gasteiger charge is -2.42. The minimum atomic E-state index is -1.83. The van der Waals surface area contributed by atoms with Crippen LogP contribution in [-0.2, 0) is 14.3 Å². The Balaban J connectivity index is 1.59. The van der Waals surface area contributed by atoms with Gasteiger partial charge in [0.2, 0.25) is 5.91 Å². The van der Waals surface area contributed by atoms with Gasteiger partial charge in [-0.2, -0.15) is 0 Å². The van der Waals surface area contributed by atoms with E-state index >= 15 is 0 Å². The van der Waals surface area contributed by atoms with Crippen molar-refractivity contribution >= 4 is 5.91 Å². The van der Waals surface area contributed by atoms with Crippen molar-refractivity contribution in [2.24, 2.45) is 17.8 Å². The first-order chi connectivity index (χ1) is 15.2. The Morgan fingerprint density at radius 3 is 2.31 bits per heavy atom. The van der Waals surface area contributed by atoms with Crippen molar-refractivity contribution in [3.63, 3.8) is 0 Å². The Morgan fingerprint density at radius 2 is 1.75 bits per heavy atom. The molecule has 0 aromatic heterocycles. The van der Waals surface area contributed by atoms with Crippen molar-refractivity contribution in [1.29, 1.82) is 0 Å². The van der Waals surface area contributed by atoms with Crippen LogP contribution in [0.1, 0.15) is 12.8 Å². The third-order valence-electron chi connectivity index (χ3n) is 6.54. The molecule has 9 N–H and O–H groups in total. The molecule has 1 heterocycles. The van der Waals surface area contributed by atoms with E-state index in [0.29, 0.717) is 5.92 Å². The summed E-state index contributed by atoms with van der Waals surface area (Å²) in [7, 11) is 0. The molecule has 12 heteroatoms. The number of hydrogen-bond acceptors (Lipinski definition) is 11. The van der Waals surface area contributed by atoms with E-state index < -0.39 is 68.3 Å². The topological polar surface area (TPSA) is 209 Å². The molecule has 12 nitrogen and oxygen atoms in total. The van der Waals surface area contributed by atoms with Gasteiger partial charge in [0.1, 0.15) is 42.7 Å².